The first-order valence-electron chi connectivity index (χ1n) is 9.09. The molecule has 0 heterocycles. The fourth-order valence-corrected chi connectivity index (χ4v) is 2.42. The van der Waals surface area contributed by atoms with E-state index in [0.717, 1.165) is 5.56 Å². The highest BCUT2D eigenvalue weighted by Gasteiger charge is 2.15. The minimum absolute atomic E-state index is 0.0887. The quantitative estimate of drug-likeness (QED) is 0.654. The molecule has 0 aliphatic carbocycles. The second-order valence-corrected chi connectivity index (χ2v) is 6.02. The Morgan fingerprint density at radius 3 is 2.46 bits per heavy atom. The third kappa shape index (κ3) is 6.50. The van der Waals surface area contributed by atoms with E-state index in [0.29, 0.717) is 30.3 Å². The van der Waals surface area contributed by atoms with Gasteiger partial charge < -0.3 is 24.8 Å². The summed E-state index contributed by atoms with van der Waals surface area (Å²) in [4.78, 5) is 23.8. The van der Waals surface area contributed by atoms with Crippen molar-refractivity contribution in [1.29, 1.82) is 0 Å². The van der Waals surface area contributed by atoms with Crippen molar-refractivity contribution in [3.8, 4) is 17.2 Å². The molecule has 2 amide bonds. The van der Waals surface area contributed by atoms with Gasteiger partial charge in [-0.25, -0.2) is 0 Å². The zero-order valence-corrected chi connectivity index (χ0v) is 16.4. The fourth-order valence-electron chi connectivity index (χ4n) is 2.42. The maximum absolute atomic E-state index is 12.2. The number of ether oxygens (including phenoxy) is 3. The predicted molar refractivity (Wildman–Crippen MR) is 106 cm³/mol. The number of methoxy groups -OCH3 is 1. The number of rotatable bonds is 10. The Morgan fingerprint density at radius 1 is 1.04 bits per heavy atom. The van der Waals surface area contributed by atoms with Crippen molar-refractivity contribution in [2.75, 3.05) is 20.3 Å². The molecule has 2 aromatic carbocycles. The molecule has 0 fully saturated rings. The summed E-state index contributed by atoms with van der Waals surface area (Å²) >= 11 is 0. The lowest BCUT2D eigenvalue weighted by molar-refractivity contribution is -0.127. The van der Waals surface area contributed by atoms with Crippen LogP contribution in [-0.2, 0) is 16.1 Å². The van der Waals surface area contributed by atoms with Crippen LogP contribution < -0.4 is 24.8 Å². The van der Waals surface area contributed by atoms with Gasteiger partial charge >= 0.3 is 0 Å². The molecule has 7 nitrogen and oxygen atoms in total. The SMILES string of the molecule is CCNC(=O)COc1ccc(CNC(=O)C(C)Oc2ccccc2)cc1OC. The van der Waals surface area contributed by atoms with Gasteiger partial charge in [-0.15, -0.1) is 0 Å². The molecule has 0 aliphatic rings. The topological polar surface area (TPSA) is 85.9 Å². The van der Waals surface area contributed by atoms with E-state index in [-0.39, 0.29) is 18.4 Å². The molecule has 150 valence electrons. The molecule has 0 saturated heterocycles. The second-order valence-electron chi connectivity index (χ2n) is 6.02. The lowest BCUT2D eigenvalue weighted by Gasteiger charge is -2.15. The largest absolute Gasteiger partial charge is 0.493 e. The summed E-state index contributed by atoms with van der Waals surface area (Å²) < 4.78 is 16.4. The summed E-state index contributed by atoms with van der Waals surface area (Å²) in [6.45, 7) is 4.31. The standard InChI is InChI=1S/C21H26N2O5/c1-4-22-20(24)14-27-18-11-10-16(12-19(18)26-3)13-23-21(25)15(2)28-17-8-6-5-7-9-17/h5-12,15H,4,13-14H2,1-3H3,(H,22,24)(H,23,25). The predicted octanol–water partition coefficient (Wildman–Crippen LogP) is 2.29. The van der Waals surface area contributed by atoms with E-state index in [1.165, 1.54) is 7.11 Å². The zero-order chi connectivity index (χ0) is 20.4. The van der Waals surface area contributed by atoms with Crippen LogP contribution in [0.15, 0.2) is 48.5 Å². The number of carbonyl (C=O) groups excluding carboxylic acids is 2. The van der Waals surface area contributed by atoms with Crippen LogP contribution in [0.4, 0.5) is 0 Å². The van der Waals surface area contributed by atoms with Crippen LogP contribution in [0.2, 0.25) is 0 Å². The average molecular weight is 386 g/mol. The van der Waals surface area contributed by atoms with Crippen molar-refractivity contribution in [3.05, 3.63) is 54.1 Å². The van der Waals surface area contributed by atoms with E-state index in [2.05, 4.69) is 10.6 Å². The molecule has 1 unspecified atom stereocenters. The molecule has 2 N–H and O–H groups in total. The highest BCUT2D eigenvalue weighted by atomic mass is 16.5. The summed E-state index contributed by atoms with van der Waals surface area (Å²) in [5.74, 6) is 1.17. The minimum atomic E-state index is -0.621. The summed E-state index contributed by atoms with van der Waals surface area (Å²) in [6, 6.07) is 14.5. The number of amides is 2. The molecule has 0 saturated carbocycles. The van der Waals surface area contributed by atoms with Crippen LogP contribution in [-0.4, -0.2) is 38.2 Å². The number of benzene rings is 2. The first kappa shape index (κ1) is 21.1. The van der Waals surface area contributed by atoms with Gasteiger partial charge in [0.2, 0.25) is 0 Å². The van der Waals surface area contributed by atoms with Crippen LogP contribution in [0.1, 0.15) is 19.4 Å². The smallest absolute Gasteiger partial charge is 0.261 e. The van der Waals surface area contributed by atoms with Gasteiger partial charge in [-0.05, 0) is 43.7 Å². The molecule has 28 heavy (non-hydrogen) atoms. The number of nitrogens with one attached hydrogen (secondary N) is 2. The number of hydrogen-bond acceptors (Lipinski definition) is 5. The van der Waals surface area contributed by atoms with Gasteiger partial charge in [0.25, 0.3) is 11.8 Å². The molecule has 1 atom stereocenters. The van der Waals surface area contributed by atoms with Crippen molar-refractivity contribution < 1.29 is 23.8 Å². The van der Waals surface area contributed by atoms with E-state index >= 15 is 0 Å². The van der Waals surface area contributed by atoms with E-state index in [1.807, 2.05) is 25.1 Å². The van der Waals surface area contributed by atoms with Gasteiger partial charge in [-0.1, -0.05) is 24.3 Å². The van der Waals surface area contributed by atoms with Crippen molar-refractivity contribution in [1.82, 2.24) is 10.6 Å². The molecule has 0 aromatic heterocycles. The van der Waals surface area contributed by atoms with Gasteiger partial charge in [0.1, 0.15) is 5.75 Å². The van der Waals surface area contributed by atoms with E-state index < -0.39 is 6.10 Å². The van der Waals surface area contributed by atoms with E-state index in [4.69, 9.17) is 14.2 Å². The van der Waals surface area contributed by atoms with E-state index in [9.17, 15) is 9.59 Å². The van der Waals surface area contributed by atoms with Gasteiger partial charge in [-0.2, -0.15) is 0 Å². The zero-order valence-electron chi connectivity index (χ0n) is 16.4. The summed E-state index contributed by atoms with van der Waals surface area (Å²) in [6.07, 6.45) is -0.621. The third-order valence-electron chi connectivity index (χ3n) is 3.85. The van der Waals surface area contributed by atoms with Gasteiger partial charge in [0.05, 0.1) is 7.11 Å². The van der Waals surface area contributed by atoms with E-state index in [1.54, 1.807) is 37.3 Å². The number of para-hydroxylation sites is 1. The fraction of sp³-hybridized carbons (Fsp3) is 0.333. The Labute approximate surface area is 165 Å². The molecule has 0 radical (unpaired) electrons. The summed E-state index contributed by atoms with van der Waals surface area (Å²) in [5.41, 5.74) is 0.836. The molecular weight excluding hydrogens is 360 g/mol. The Bertz CT molecular complexity index is 780. The summed E-state index contributed by atoms with van der Waals surface area (Å²) in [7, 11) is 1.52. The van der Waals surface area contributed by atoms with Crippen LogP contribution in [0.25, 0.3) is 0 Å². The normalized spacial score (nSPS) is 11.2. The molecule has 0 aliphatic heterocycles. The molecule has 2 rings (SSSR count). The molecule has 0 bridgehead atoms. The van der Waals surface area contributed by atoms with Crippen molar-refractivity contribution in [2.24, 2.45) is 0 Å². The van der Waals surface area contributed by atoms with Gasteiger partial charge in [0.15, 0.2) is 24.2 Å². The first-order valence-corrected chi connectivity index (χ1v) is 9.09. The van der Waals surface area contributed by atoms with Crippen LogP contribution >= 0.6 is 0 Å². The lowest BCUT2D eigenvalue weighted by Crippen LogP contribution is -2.35. The number of likely N-dealkylation sites (N-methyl/N-ethyl adjacent to an activating group) is 1. The number of hydrogen-bond donors (Lipinski definition) is 2. The molecule has 7 heteroatoms. The minimum Gasteiger partial charge on any atom is -0.493 e. The lowest BCUT2D eigenvalue weighted by atomic mass is 10.2. The first-order chi connectivity index (χ1) is 13.5. The third-order valence-corrected chi connectivity index (χ3v) is 3.85. The van der Waals surface area contributed by atoms with Gasteiger partial charge in [-0.3, -0.25) is 9.59 Å². The average Bonchev–Trinajstić information content (AvgIpc) is 2.71. The highest BCUT2D eigenvalue weighted by Crippen LogP contribution is 2.28. The molecule has 0 spiro atoms. The van der Waals surface area contributed by atoms with Crippen molar-refractivity contribution >= 4 is 11.8 Å². The monoisotopic (exact) mass is 386 g/mol. The molecule has 2 aromatic rings. The Hall–Kier alpha value is -3.22. The molecular formula is C21H26N2O5. The van der Waals surface area contributed by atoms with Crippen molar-refractivity contribution in [2.45, 2.75) is 26.5 Å². The second kappa shape index (κ2) is 10.8. The van der Waals surface area contributed by atoms with Crippen LogP contribution in [0.5, 0.6) is 17.2 Å². The highest BCUT2D eigenvalue weighted by molar-refractivity contribution is 5.80. The van der Waals surface area contributed by atoms with Crippen LogP contribution in [0, 0.1) is 0 Å². The van der Waals surface area contributed by atoms with Crippen LogP contribution in [0.3, 0.4) is 0 Å². The number of carbonyl (C=O) groups is 2. The maximum atomic E-state index is 12.2. The Morgan fingerprint density at radius 2 is 1.79 bits per heavy atom. The summed E-state index contributed by atoms with van der Waals surface area (Å²) in [5, 5.41) is 5.49. The maximum Gasteiger partial charge on any atom is 0.261 e. The van der Waals surface area contributed by atoms with Crippen molar-refractivity contribution in [3.63, 3.8) is 0 Å². The van der Waals surface area contributed by atoms with Gasteiger partial charge in [0, 0.05) is 13.1 Å². The Kier molecular flexibility index (Phi) is 8.14. The Balaban J connectivity index is 1.89.